The monoisotopic (exact) mass is 306 g/mol. The maximum Gasteiger partial charge on any atom is 0.358 e. The summed E-state index contributed by atoms with van der Waals surface area (Å²) in [6.45, 7) is 2.71. The topological polar surface area (TPSA) is 85.8 Å². The van der Waals surface area contributed by atoms with Crippen LogP contribution in [0.4, 0.5) is 0 Å². The van der Waals surface area contributed by atoms with Crippen LogP contribution in [-0.2, 0) is 19.5 Å². The smallest absolute Gasteiger partial charge is 0.358 e. The summed E-state index contributed by atoms with van der Waals surface area (Å²) in [4.78, 5) is 15.3. The predicted molar refractivity (Wildman–Crippen MR) is 67.6 cm³/mol. The van der Waals surface area contributed by atoms with E-state index >= 15 is 0 Å². The first-order valence-electron chi connectivity index (χ1n) is 5.60. The lowest BCUT2D eigenvalue weighted by molar-refractivity contribution is 0.0392. The first-order valence-corrected chi connectivity index (χ1v) is 7.92. The third kappa shape index (κ3) is 2.64. The van der Waals surface area contributed by atoms with Gasteiger partial charge in [0.05, 0.1) is 25.8 Å². The molecule has 0 N–H and O–H groups in total. The number of aromatic nitrogens is 1. The number of methoxy groups -OCH3 is 1. The number of rotatable bonds is 3. The molecule has 1 aromatic heterocycles. The molecule has 0 amide bonds. The number of hydrogen-bond donors (Lipinski definition) is 0. The standard InChI is InChI=1S/C10H14N2O5S2/c1-7-5-17-4-3-12(7)19(14,15)10-8(9(13)16-2)11-6-18-10/h6-7H,3-5H2,1-2H3. The molecule has 2 rings (SSSR count). The van der Waals surface area contributed by atoms with E-state index in [4.69, 9.17) is 4.74 Å². The molecule has 1 aliphatic heterocycles. The Morgan fingerprint density at radius 2 is 2.37 bits per heavy atom. The summed E-state index contributed by atoms with van der Waals surface area (Å²) >= 11 is 0.913. The van der Waals surface area contributed by atoms with E-state index in [1.807, 2.05) is 0 Å². The highest BCUT2D eigenvalue weighted by Gasteiger charge is 2.36. The third-order valence-electron chi connectivity index (χ3n) is 2.76. The lowest BCUT2D eigenvalue weighted by atomic mass is 10.3. The lowest BCUT2D eigenvalue weighted by Crippen LogP contribution is -2.47. The van der Waals surface area contributed by atoms with Gasteiger partial charge in [0, 0.05) is 12.6 Å². The number of carbonyl (C=O) groups excluding carboxylic acids is 1. The molecule has 0 bridgehead atoms. The van der Waals surface area contributed by atoms with Gasteiger partial charge in [0.15, 0.2) is 9.90 Å². The van der Waals surface area contributed by atoms with E-state index in [0.717, 1.165) is 11.3 Å². The summed E-state index contributed by atoms with van der Waals surface area (Å²) in [6.07, 6.45) is 0. The van der Waals surface area contributed by atoms with Gasteiger partial charge < -0.3 is 9.47 Å². The fourth-order valence-electron chi connectivity index (χ4n) is 1.83. The first-order chi connectivity index (χ1) is 8.98. The minimum atomic E-state index is -3.75. The number of esters is 1. The molecule has 106 valence electrons. The van der Waals surface area contributed by atoms with E-state index in [1.54, 1.807) is 6.92 Å². The van der Waals surface area contributed by atoms with Gasteiger partial charge in [-0.05, 0) is 6.92 Å². The van der Waals surface area contributed by atoms with Crippen LogP contribution < -0.4 is 0 Å². The quantitative estimate of drug-likeness (QED) is 0.749. The minimum absolute atomic E-state index is 0.0758. The van der Waals surface area contributed by atoms with Crippen LogP contribution >= 0.6 is 11.3 Å². The van der Waals surface area contributed by atoms with Crippen molar-refractivity contribution in [3.05, 3.63) is 11.2 Å². The fraction of sp³-hybridized carbons (Fsp3) is 0.600. The highest BCUT2D eigenvalue weighted by atomic mass is 32.2. The van der Waals surface area contributed by atoms with E-state index in [2.05, 4.69) is 9.72 Å². The van der Waals surface area contributed by atoms with Gasteiger partial charge >= 0.3 is 5.97 Å². The van der Waals surface area contributed by atoms with Crippen molar-refractivity contribution >= 4 is 27.3 Å². The van der Waals surface area contributed by atoms with Crippen LogP contribution in [0, 0.1) is 0 Å². The van der Waals surface area contributed by atoms with Crippen LogP contribution in [0.1, 0.15) is 17.4 Å². The molecular weight excluding hydrogens is 292 g/mol. The fourth-order valence-corrected chi connectivity index (χ4v) is 4.67. The van der Waals surface area contributed by atoms with Crippen LogP contribution in [0.3, 0.4) is 0 Å². The normalized spacial score (nSPS) is 21.3. The molecule has 9 heteroatoms. The van der Waals surface area contributed by atoms with Crippen LogP contribution in [0.15, 0.2) is 9.72 Å². The zero-order valence-corrected chi connectivity index (χ0v) is 12.2. The molecule has 0 aromatic carbocycles. The second-order valence-corrected chi connectivity index (χ2v) is 6.96. The molecule has 1 atom stereocenters. The number of thiazole rings is 1. The summed E-state index contributed by atoms with van der Waals surface area (Å²) in [7, 11) is -2.56. The highest BCUT2D eigenvalue weighted by molar-refractivity contribution is 7.91. The van der Waals surface area contributed by atoms with Crippen LogP contribution in [-0.4, -0.2) is 56.6 Å². The number of morpholine rings is 1. The molecule has 1 aliphatic rings. The van der Waals surface area contributed by atoms with Gasteiger partial charge in [-0.25, -0.2) is 18.2 Å². The Hall–Kier alpha value is -1.03. The van der Waals surface area contributed by atoms with Gasteiger partial charge in [0.1, 0.15) is 0 Å². The average molecular weight is 306 g/mol. The Kier molecular flexibility index (Phi) is 4.19. The molecule has 1 saturated heterocycles. The molecule has 1 unspecified atom stereocenters. The number of carbonyl (C=O) groups is 1. The zero-order chi connectivity index (χ0) is 14.0. The second kappa shape index (κ2) is 5.53. The van der Waals surface area contributed by atoms with E-state index in [-0.39, 0.29) is 22.5 Å². The van der Waals surface area contributed by atoms with E-state index < -0.39 is 16.0 Å². The van der Waals surface area contributed by atoms with Gasteiger partial charge in [0.25, 0.3) is 10.0 Å². The Balaban J connectivity index is 2.39. The lowest BCUT2D eigenvalue weighted by Gasteiger charge is -2.31. The number of sulfonamides is 1. The first kappa shape index (κ1) is 14.4. The summed E-state index contributed by atoms with van der Waals surface area (Å²) in [5.41, 5.74) is 1.16. The molecule has 0 radical (unpaired) electrons. The van der Waals surface area contributed by atoms with Crippen molar-refractivity contribution < 1.29 is 22.7 Å². The molecule has 0 aliphatic carbocycles. The largest absolute Gasteiger partial charge is 0.464 e. The Morgan fingerprint density at radius 3 is 3.00 bits per heavy atom. The number of ether oxygens (including phenoxy) is 2. The van der Waals surface area contributed by atoms with Gasteiger partial charge in [-0.3, -0.25) is 0 Å². The Morgan fingerprint density at radius 1 is 1.63 bits per heavy atom. The van der Waals surface area contributed by atoms with Crippen molar-refractivity contribution in [2.24, 2.45) is 0 Å². The minimum Gasteiger partial charge on any atom is -0.464 e. The predicted octanol–water partition coefficient (Wildman–Crippen LogP) is 0.339. The van der Waals surface area contributed by atoms with Gasteiger partial charge in [-0.1, -0.05) is 0 Å². The van der Waals surface area contributed by atoms with E-state index in [1.165, 1.54) is 16.9 Å². The maximum absolute atomic E-state index is 12.5. The Labute approximate surface area is 115 Å². The summed E-state index contributed by atoms with van der Waals surface area (Å²) in [5.74, 6) is -0.749. The highest BCUT2D eigenvalue weighted by Crippen LogP contribution is 2.27. The third-order valence-corrected chi connectivity index (χ3v) is 6.12. The van der Waals surface area contributed by atoms with Crippen molar-refractivity contribution in [2.45, 2.75) is 17.2 Å². The van der Waals surface area contributed by atoms with Crippen molar-refractivity contribution in [3.8, 4) is 0 Å². The maximum atomic E-state index is 12.5. The SMILES string of the molecule is COC(=O)c1ncsc1S(=O)(=O)N1CCOCC1C. The molecule has 1 aromatic rings. The van der Waals surface area contributed by atoms with Crippen LogP contribution in [0.5, 0.6) is 0 Å². The average Bonchev–Trinajstić information content (AvgIpc) is 2.88. The Bertz CT molecular complexity index is 568. The van der Waals surface area contributed by atoms with Gasteiger partial charge in [-0.2, -0.15) is 4.31 Å². The van der Waals surface area contributed by atoms with Crippen molar-refractivity contribution in [3.63, 3.8) is 0 Å². The van der Waals surface area contributed by atoms with Crippen molar-refractivity contribution in [1.29, 1.82) is 0 Å². The van der Waals surface area contributed by atoms with Gasteiger partial charge in [-0.15, -0.1) is 11.3 Å². The number of hydrogen-bond acceptors (Lipinski definition) is 7. The zero-order valence-electron chi connectivity index (χ0n) is 10.5. The summed E-state index contributed by atoms with van der Waals surface area (Å²) < 4.78 is 36.1. The molecule has 7 nitrogen and oxygen atoms in total. The van der Waals surface area contributed by atoms with Crippen LogP contribution in [0.2, 0.25) is 0 Å². The van der Waals surface area contributed by atoms with Gasteiger partial charge in [0.2, 0.25) is 0 Å². The van der Waals surface area contributed by atoms with Crippen molar-refractivity contribution in [2.75, 3.05) is 26.9 Å². The molecule has 0 spiro atoms. The van der Waals surface area contributed by atoms with Crippen molar-refractivity contribution in [1.82, 2.24) is 9.29 Å². The summed E-state index contributed by atoms with van der Waals surface area (Å²) in [6, 6.07) is -0.272. The summed E-state index contributed by atoms with van der Waals surface area (Å²) in [5, 5.41) is 0. The van der Waals surface area contributed by atoms with Crippen LogP contribution in [0.25, 0.3) is 0 Å². The molecular formula is C10H14N2O5S2. The second-order valence-electron chi connectivity index (χ2n) is 4.02. The van der Waals surface area contributed by atoms with E-state index in [9.17, 15) is 13.2 Å². The van der Waals surface area contributed by atoms with E-state index in [0.29, 0.717) is 13.2 Å². The molecule has 1 fully saturated rings. The number of nitrogens with zero attached hydrogens (tertiary/aromatic N) is 2. The molecule has 2 heterocycles. The molecule has 19 heavy (non-hydrogen) atoms. The molecule has 0 saturated carbocycles.